The minimum atomic E-state index is -0.00183. The molecule has 2 aromatic heterocycles. The van der Waals surface area contributed by atoms with Crippen LogP contribution >= 0.6 is 0 Å². The van der Waals surface area contributed by atoms with Crippen molar-refractivity contribution in [1.29, 1.82) is 5.26 Å². The fourth-order valence-corrected chi connectivity index (χ4v) is 3.69. The predicted molar refractivity (Wildman–Crippen MR) is 113 cm³/mol. The molecule has 1 aromatic carbocycles. The van der Waals surface area contributed by atoms with Gasteiger partial charge in [0, 0.05) is 36.1 Å². The summed E-state index contributed by atoms with van der Waals surface area (Å²) in [5.41, 5.74) is 4.14. The molecule has 0 bridgehead atoms. The van der Waals surface area contributed by atoms with Crippen molar-refractivity contribution in [1.82, 2.24) is 14.9 Å². The number of benzene rings is 1. The van der Waals surface area contributed by atoms with Gasteiger partial charge in [-0.3, -0.25) is 4.79 Å². The largest absolute Gasteiger partial charge is 0.354 e. The zero-order chi connectivity index (χ0) is 20.2. The van der Waals surface area contributed by atoms with Crippen molar-refractivity contribution in [2.24, 2.45) is 0 Å². The highest BCUT2D eigenvalue weighted by Gasteiger charge is 2.22. The third-order valence-corrected chi connectivity index (χ3v) is 5.28. The van der Waals surface area contributed by atoms with Crippen LogP contribution in [0.4, 0.5) is 11.4 Å². The average molecular weight is 385 g/mol. The van der Waals surface area contributed by atoms with Crippen molar-refractivity contribution in [2.75, 3.05) is 18.4 Å². The van der Waals surface area contributed by atoms with Crippen LogP contribution < -0.4 is 5.32 Å². The number of aromatic nitrogens is 2. The minimum Gasteiger partial charge on any atom is -0.354 e. The molecule has 3 aromatic rings. The molecule has 146 valence electrons. The number of amides is 1. The average Bonchev–Trinajstić information content (AvgIpc) is 3.03. The van der Waals surface area contributed by atoms with Crippen LogP contribution in [-0.4, -0.2) is 33.9 Å². The third-order valence-electron chi connectivity index (χ3n) is 5.28. The molecule has 29 heavy (non-hydrogen) atoms. The van der Waals surface area contributed by atoms with Crippen molar-refractivity contribution in [2.45, 2.75) is 32.6 Å². The summed E-state index contributed by atoms with van der Waals surface area (Å²) < 4.78 is 0. The van der Waals surface area contributed by atoms with Crippen LogP contribution in [0.3, 0.4) is 0 Å². The van der Waals surface area contributed by atoms with Gasteiger partial charge in [0.25, 0.3) is 5.91 Å². The second-order valence-corrected chi connectivity index (χ2v) is 7.39. The van der Waals surface area contributed by atoms with E-state index in [2.05, 4.69) is 21.4 Å². The van der Waals surface area contributed by atoms with E-state index in [1.807, 2.05) is 36.1 Å². The molecule has 1 aliphatic rings. The highest BCUT2D eigenvalue weighted by Crippen LogP contribution is 2.30. The lowest BCUT2D eigenvalue weighted by atomic mass is 10.1. The Kier molecular flexibility index (Phi) is 5.39. The lowest BCUT2D eigenvalue weighted by Gasteiger charge is -2.22. The van der Waals surface area contributed by atoms with Crippen molar-refractivity contribution < 1.29 is 4.79 Å². The van der Waals surface area contributed by atoms with Gasteiger partial charge in [0.1, 0.15) is 0 Å². The van der Waals surface area contributed by atoms with E-state index in [4.69, 9.17) is 5.26 Å². The molecule has 1 amide bonds. The number of carbonyl (C=O) groups excluding carboxylic acids is 1. The first-order valence-electron chi connectivity index (χ1n) is 9.98. The number of nitrogens with zero attached hydrogens (tertiary/aromatic N) is 4. The van der Waals surface area contributed by atoms with E-state index < -0.39 is 0 Å². The number of pyridine rings is 2. The number of hydrogen-bond acceptors (Lipinski definition) is 5. The van der Waals surface area contributed by atoms with Gasteiger partial charge in [-0.1, -0.05) is 12.8 Å². The molecule has 0 spiro atoms. The number of hydrogen-bond donors (Lipinski definition) is 1. The Morgan fingerprint density at radius 3 is 2.48 bits per heavy atom. The molecule has 1 fully saturated rings. The van der Waals surface area contributed by atoms with Gasteiger partial charge in [0.15, 0.2) is 5.65 Å². The maximum Gasteiger partial charge on any atom is 0.257 e. The van der Waals surface area contributed by atoms with E-state index in [1.165, 1.54) is 12.8 Å². The second-order valence-electron chi connectivity index (χ2n) is 7.39. The molecule has 0 unspecified atom stereocenters. The number of nitriles is 1. The molecule has 0 saturated carbocycles. The highest BCUT2D eigenvalue weighted by atomic mass is 16.2. The molecular formula is C23H23N5O. The highest BCUT2D eigenvalue weighted by molar-refractivity contribution is 6.07. The van der Waals surface area contributed by atoms with Crippen molar-refractivity contribution in [3.05, 3.63) is 59.4 Å². The van der Waals surface area contributed by atoms with Crippen LogP contribution in [0, 0.1) is 18.3 Å². The minimum absolute atomic E-state index is 0.00183. The van der Waals surface area contributed by atoms with E-state index in [0.29, 0.717) is 22.5 Å². The van der Waals surface area contributed by atoms with Crippen LogP contribution in [0.1, 0.15) is 47.3 Å². The van der Waals surface area contributed by atoms with E-state index in [1.54, 1.807) is 18.3 Å². The fourth-order valence-electron chi connectivity index (χ4n) is 3.69. The molecule has 1 N–H and O–H groups in total. The summed E-state index contributed by atoms with van der Waals surface area (Å²) in [4.78, 5) is 24.3. The zero-order valence-corrected chi connectivity index (χ0v) is 16.5. The Labute approximate surface area is 170 Å². The summed E-state index contributed by atoms with van der Waals surface area (Å²) in [5.74, 6) is -0.00183. The Bertz CT molecular complexity index is 1080. The Hall–Kier alpha value is -3.46. The quantitative estimate of drug-likeness (QED) is 0.714. The maximum absolute atomic E-state index is 13.4. The predicted octanol–water partition coefficient (Wildman–Crippen LogP) is 4.57. The molecule has 0 aliphatic carbocycles. The number of carbonyl (C=O) groups is 1. The van der Waals surface area contributed by atoms with Gasteiger partial charge in [-0.25, -0.2) is 9.97 Å². The SMILES string of the molecule is Cc1ccc2c(Nc3ccc(C#N)cc3)c(C(=O)N3CCCCCC3)cnc2n1. The van der Waals surface area contributed by atoms with Gasteiger partial charge in [0.2, 0.25) is 0 Å². The smallest absolute Gasteiger partial charge is 0.257 e. The summed E-state index contributed by atoms with van der Waals surface area (Å²) in [7, 11) is 0. The summed E-state index contributed by atoms with van der Waals surface area (Å²) in [5, 5.41) is 13.2. The summed E-state index contributed by atoms with van der Waals surface area (Å²) in [6, 6.07) is 13.2. The monoisotopic (exact) mass is 385 g/mol. The fraction of sp³-hybridized carbons (Fsp3) is 0.304. The number of aryl methyl sites for hydroxylation is 1. The van der Waals surface area contributed by atoms with Crippen molar-refractivity contribution in [3.8, 4) is 6.07 Å². The lowest BCUT2D eigenvalue weighted by Crippen LogP contribution is -2.32. The van der Waals surface area contributed by atoms with Crippen molar-refractivity contribution in [3.63, 3.8) is 0 Å². The number of rotatable bonds is 3. The molecule has 0 radical (unpaired) electrons. The van der Waals surface area contributed by atoms with Crippen LogP contribution in [0.5, 0.6) is 0 Å². The van der Waals surface area contributed by atoms with E-state index >= 15 is 0 Å². The molecule has 0 atom stereocenters. The maximum atomic E-state index is 13.4. The first kappa shape index (κ1) is 18.9. The van der Waals surface area contributed by atoms with Crippen LogP contribution in [-0.2, 0) is 0 Å². The Morgan fingerprint density at radius 1 is 1.07 bits per heavy atom. The van der Waals surface area contributed by atoms with Crippen molar-refractivity contribution >= 4 is 28.3 Å². The number of nitrogens with one attached hydrogen (secondary N) is 1. The summed E-state index contributed by atoms with van der Waals surface area (Å²) in [6.45, 7) is 3.48. The zero-order valence-electron chi connectivity index (χ0n) is 16.5. The normalized spacial score (nSPS) is 14.3. The first-order chi connectivity index (χ1) is 14.2. The lowest BCUT2D eigenvalue weighted by molar-refractivity contribution is 0.0762. The molecule has 1 saturated heterocycles. The number of fused-ring (bicyclic) bond motifs is 1. The topological polar surface area (TPSA) is 81.9 Å². The Morgan fingerprint density at radius 2 is 1.79 bits per heavy atom. The van der Waals surface area contributed by atoms with Gasteiger partial charge in [-0.15, -0.1) is 0 Å². The number of likely N-dealkylation sites (tertiary alicyclic amines) is 1. The van der Waals surface area contributed by atoms with Crippen LogP contribution in [0.2, 0.25) is 0 Å². The van der Waals surface area contributed by atoms with E-state index in [9.17, 15) is 4.79 Å². The molecule has 1 aliphatic heterocycles. The summed E-state index contributed by atoms with van der Waals surface area (Å²) in [6.07, 6.45) is 6.03. The van der Waals surface area contributed by atoms with Gasteiger partial charge in [-0.05, 0) is 56.2 Å². The first-order valence-corrected chi connectivity index (χ1v) is 9.98. The molecule has 4 rings (SSSR count). The molecule has 6 nitrogen and oxygen atoms in total. The van der Waals surface area contributed by atoms with Crippen LogP contribution in [0.25, 0.3) is 11.0 Å². The van der Waals surface area contributed by atoms with Gasteiger partial charge in [-0.2, -0.15) is 5.26 Å². The second kappa shape index (κ2) is 8.27. The molecular weight excluding hydrogens is 362 g/mol. The van der Waals surface area contributed by atoms with Gasteiger partial charge >= 0.3 is 0 Å². The van der Waals surface area contributed by atoms with Gasteiger partial charge < -0.3 is 10.2 Å². The molecule has 3 heterocycles. The number of anilines is 2. The standard InChI is InChI=1S/C23H23N5O/c1-16-6-11-19-21(27-18-9-7-17(14-24)8-10-18)20(15-25-22(19)26-16)23(29)28-12-4-2-3-5-13-28/h6-11,15H,2-5,12-13H2,1H3,(H,25,26,27). The third kappa shape index (κ3) is 4.04. The Balaban J connectivity index is 1.78. The van der Waals surface area contributed by atoms with E-state index in [-0.39, 0.29) is 5.91 Å². The van der Waals surface area contributed by atoms with Crippen LogP contribution in [0.15, 0.2) is 42.6 Å². The van der Waals surface area contributed by atoms with E-state index in [0.717, 1.165) is 42.7 Å². The van der Waals surface area contributed by atoms with Gasteiger partial charge in [0.05, 0.1) is 22.9 Å². The molecule has 6 heteroatoms. The summed E-state index contributed by atoms with van der Waals surface area (Å²) >= 11 is 0.